The predicted octanol–water partition coefficient (Wildman–Crippen LogP) is 6.45. The van der Waals surface area contributed by atoms with E-state index < -0.39 is 0 Å². The zero-order valence-corrected chi connectivity index (χ0v) is 18.6. The van der Waals surface area contributed by atoms with Gasteiger partial charge in [-0.15, -0.1) is 6.58 Å². The molecule has 3 aliphatic rings. The third kappa shape index (κ3) is 2.67. The molecule has 0 N–H and O–H groups in total. The lowest BCUT2D eigenvalue weighted by Gasteiger charge is -2.53. The fourth-order valence-electron chi connectivity index (χ4n) is 6.30. The average molecular weight is 379 g/mol. The first-order chi connectivity index (χ1) is 13.4. The molecule has 0 fully saturated rings. The molecular formula is C26H38N2. The van der Waals surface area contributed by atoms with Gasteiger partial charge in [-0.25, -0.2) is 0 Å². The van der Waals surface area contributed by atoms with Crippen LogP contribution in [-0.2, 0) is 0 Å². The monoisotopic (exact) mass is 378 g/mol. The fraction of sp³-hybridized carbons (Fsp3) is 0.615. The van der Waals surface area contributed by atoms with Crippen LogP contribution in [-0.4, -0.2) is 19.3 Å². The highest BCUT2D eigenvalue weighted by molar-refractivity contribution is 5.83. The summed E-state index contributed by atoms with van der Waals surface area (Å²) < 4.78 is 0. The normalized spacial score (nSPS) is 32.9. The summed E-state index contributed by atoms with van der Waals surface area (Å²) in [5.41, 5.74) is 4.48. The molecule has 1 aromatic carbocycles. The molecule has 1 aromatic rings. The SMILES string of the molecule is C=CC(C(C)CC)C1N(C)c2cccc3c2N1C1C(C(C)C)C=CCC1C3C. The number of allylic oxidation sites excluding steroid dienone is 1. The van der Waals surface area contributed by atoms with Crippen molar-refractivity contribution in [3.8, 4) is 0 Å². The molecule has 1 aliphatic carbocycles. The predicted molar refractivity (Wildman–Crippen MR) is 122 cm³/mol. The first-order valence-electron chi connectivity index (χ1n) is 11.4. The van der Waals surface area contributed by atoms with Crippen molar-refractivity contribution in [2.45, 2.75) is 65.6 Å². The van der Waals surface area contributed by atoms with Gasteiger partial charge in [0, 0.05) is 19.0 Å². The Morgan fingerprint density at radius 3 is 2.64 bits per heavy atom. The molecule has 152 valence electrons. The molecular weight excluding hydrogens is 340 g/mol. The summed E-state index contributed by atoms with van der Waals surface area (Å²) in [5, 5.41) is 0. The molecule has 2 heteroatoms. The Bertz CT molecular complexity index is 764. The summed E-state index contributed by atoms with van der Waals surface area (Å²) in [5.74, 6) is 3.65. The van der Waals surface area contributed by atoms with Crippen molar-refractivity contribution in [2.75, 3.05) is 16.8 Å². The smallest absolute Gasteiger partial charge is 0.108 e. The molecule has 0 saturated carbocycles. The third-order valence-corrected chi connectivity index (χ3v) is 8.11. The number of hydrogen-bond acceptors (Lipinski definition) is 2. The van der Waals surface area contributed by atoms with Crippen molar-refractivity contribution in [2.24, 2.45) is 29.6 Å². The van der Waals surface area contributed by atoms with Gasteiger partial charge >= 0.3 is 0 Å². The second-order valence-electron chi connectivity index (χ2n) is 9.77. The van der Waals surface area contributed by atoms with Gasteiger partial charge in [-0.1, -0.05) is 71.4 Å². The first kappa shape index (κ1) is 19.6. The van der Waals surface area contributed by atoms with Gasteiger partial charge in [-0.05, 0) is 47.6 Å². The summed E-state index contributed by atoms with van der Waals surface area (Å²) >= 11 is 0. The van der Waals surface area contributed by atoms with E-state index in [-0.39, 0.29) is 0 Å². The highest BCUT2D eigenvalue weighted by Gasteiger charge is 2.52. The van der Waals surface area contributed by atoms with Crippen LogP contribution < -0.4 is 9.80 Å². The largest absolute Gasteiger partial charge is 0.352 e. The van der Waals surface area contributed by atoms with E-state index in [1.807, 2.05) is 0 Å². The first-order valence-corrected chi connectivity index (χ1v) is 11.4. The minimum atomic E-state index is 0.372. The van der Waals surface area contributed by atoms with E-state index in [9.17, 15) is 0 Å². The van der Waals surface area contributed by atoms with Crippen LogP contribution in [0.2, 0.25) is 0 Å². The number of para-hydroxylation sites is 1. The van der Waals surface area contributed by atoms with Crippen LogP contribution in [0.3, 0.4) is 0 Å². The summed E-state index contributed by atoms with van der Waals surface area (Å²) in [6.07, 6.45) is 9.98. The molecule has 0 amide bonds. The molecule has 0 spiro atoms. The number of rotatable bonds is 5. The molecule has 0 aromatic heterocycles. The van der Waals surface area contributed by atoms with Gasteiger partial charge in [0.2, 0.25) is 0 Å². The minimum Gasteiger partial charge on any atom is -0.352 e. The van der Waals surface area contributed by atoms with E-state index in [1.165, 1.54) is 24.2 Å². The van der Waals surface area contributed by atoms with Gasteiger partial charge in [0.15, 0.2) is 0 Å². The van der Waals surface area contributed by atoms with Crippen molar-refractivity contribution in [1.29, 1.82) is 0 Å². The van der Waals surface area contributed by atoms with Crippen molar-refractivity contribution in [1.82, 2.24) is 0 Å². The standard InChI is InChI=1S/C26H38N2/c1-8-17(5)19(9-2)26-27(7)23-15-11-14-22-18(6)21-13-10-12-20(16(3)4)24(21)28(26)25(22)23/h9-12,14-21,24,26H,2,8,13H2,1,3-7H3. The van der Waals surface area contributed by atoms with Crippen molar-refractivity contribution < 1.29 is 0 Å². The quantitative estimate of drug-likeness (QED) is 0.543. The van der Waals surface area contributed by atoms with Crippen LogP contribution in [0, 0.1) is 29.6 Å². The molecule has 28 heavy (non-hydrogen) atoms. The van der Waals surface area contributed by atoms with Crippen LogP contribution in [0.25, 0.3) is 0 Å². The lowest BCUT2D eigenvalue weighted by molar-refractivity contribution is 0.202. The van der Waals surface area contributed by atoms with Crippen LogP contribution in [0.15, 0.2) is 43.0 Å². The number of benzene rings is 1. The Morgan fingerprint density at radius 2 is 2.00 bits per heavy atom. The molecule has 4 rings (SSSR count). The van der Waals surface area contributed by atoms with Crippen LogP contribution in [0.1, 0.15) is 58.9 Å². The van der Waals surface area contributed by atoms with Gasteiger partial charge in [0.25, 0.3) is 0 Å². The van der Waals surface area contributed by atoms with E-state index in [4.69, 9.17) is 0 Å². The van der Waals surface area contributed by atoms with Crippen LogP contribution in [0.5, 0.6) is 0 Å². The summed E-state index contributed by atoms with van der Waals surface area (Å²) in [6.45, 7) is 16.3. The Kier molecular flexibility index (Phi) is 5.10. The highest BCUT2D eigenvalue weighted by Crippen LogP contribution is 2.57. The zero-order valence-electron chi connectivity index (χ0n) is 18.6. The molecule has 2 nitrogen and oxygen atoms in total. The highest BCUT2D eigenvalue weighted by atomic mass is 15.4. The van der Waals surface area contributed by atoms with E-state index in [1.54, 1.807) is 5.56 Å². The van der Waals surface area contributed by atoms with Crippen molar-refractivity contribution in [3.63, 3.8) is 0 Å². The van der Waals surface area contributed by atoms with E-state index >= 15 is 0 Å². The Balaban J connectivity index is 1.91. The molecule has 2 heterocycles. The topological polar surface area (TPSA) is 6.48 Å². The summed E-state index contributed by atoms with van der Waals surface area (Å²) in [7, 11) is 2.31. The maximum absolute atomic E-state index is 4.29. The molecule has 7 unspecified atom stereocenters. The van der Waals surface area contributed by atoms with Gasteiger partial charge in [-0.2, -0.15) is 0 Å². The van der Waals surface area contributed by atoms with Gasteiger partial charge < -0.3 is 9.80 Å². The van der Waals surface area contributed by atoms with Crippen molar-refractivity contribution in [3.05, 3.63) is 48.6 Å². The third-order valence-electron chi connectivity index (χ3n) is 8.11. The second-order valence-corrected chi connectivity index (χ2v) is 9.77. The lowest BCUT2D eigenvalue weighted by atomic mass is 9.66. The average Bonchev–Trinajstić information content (AvgIpc) is 2.99. The maximum Gasteiger partial charge on any atom is 0.108 e. The second kappa shape index (κ2) is 7.28. The van der Waals surface area contributed by atoms with Crippen molar-refractivity contribution >= 4 is 11.4 Å². The summed E-state index contributed by atoms with van der Waals surface area (Å²) in [6, 6.07) is 7.57. The van der Waals surface area contributed by atoms with Crippen LogP contribution >= 0.6 is 0 Å². The Morgan fingerprint density at radius 1 is 1.25 bits per heavy atom. The minimum absolute atomic E-state index is 0.372. The maximum atomic E-state index is 4.29. The van der Waals surface area contributed by atoms with E-state index in [0.29, 0.717) is 47.7 Å². The van der Waals surface area contributed by atoms with Gasteiger partial charge in [0.1, 0.15) is 6.17 Å². The fourth-order valence-corrected chi connectivity index (χ4v) is 6.30. The molecule has 0 bridgehead atoms. The van der Waals surface area contributed by atoms with Crippen LogP contribution in [0.4, 0.5) is 11.4 Å². The summed E-state index contributed by atoms with van der Waals surface area (Å²) in [4.78, 5) is 5.41. The van der Waals surface area contributed by atoms with Gasteiger partial charge in [-0.3, -0.25) is 0 Å². The molecule has 0 radical (unpaired) electrons. The Hall–Kier alpha value is -1.70. The molecule has 2 aliphatic heterocycles. The Labute approximate surface area is 172 Å². The van der Waals surface area contributed by atoms with E-state index in [2.05, 4.69) is 94.5 Å². The number of hydrogen-bond donors (Lipinski definition) is 0. The number of anilines is 2. The zero-order chi connectivity index (χ0) is 20.2. The molecule has 0 saturated heterocycles. The molecule has 7 atom stereocenters. The van der Waals surface area contributed by atoms with E-state index in [0.717, 1.165) is 0 Å². The number of fused-ring (bicyclic) bond motifs is 2. The lowest BCUT2D eigenvalue weighted by Crippen LogP contribution is -2.59. The van der Waals surface area contributed by atoms with Gasteiger partial charge in [0.05, 0.1) is 11.4 Å². The number of nitrogens with zero attached hydrogens (tertiary/aromatic N) is 2.